The van der Waals surface area contributed by atoms with E-state index in [2.05, 4.69) is 10.2 Å². The number of benzene rings is 2. The number of nitrogens with zero attached hydrogens (tertiary/aromatic N) is 1. The van der Waals surface area contributed by atoms with Crippen LogP contribution in [-0.2, 0) is 16.0 Å². The molecule has 26 heavy (non-hydrogen) atoms. The number of nitrogens with one attached hydrogen (secondary N) is 1. The van der Waals surface area contributed by atoms with E-state index in [0.717, 1.165) is 24.8 Å². The van der Waals surface area contributed by atoms with Crippen LogP contribution in [0.1, 0.15) is 15.9 Å². The number of aliphatic carboxylic acids is 1. The van der Waals surface area contributed by atoms with E-state index in [4.69, 9.17) is 9.84 Å². The predicted molar refractivity (Wildman–Crippen MR) is 95.2 cm³/mol. The van der Waals surface area contributed by atoms with Crippen LogP contribution in [0, 0.1) is 5.82 Å². The molecule has 1 fully saturated rings. The van der Waals surface area contributed by atoms with Crippen LogP contribution < -0.4 is 10.2 Å². The first-order valence-corrected chi connectivity index (χ1v) is 8.27. The first-order chi connectivity index (χ1) is 12.5. The third-order valence-electron chi connectivity index (χ3n) is 4.16. The van der Waals surface area contributed by atoms with Crippen LogP contribution in [0.2, 0.25) is 0 Å². The highest BCUT2D eigenvalue weighted by atomic mass is 19.1. The molecule has 3 rings (SSSR count). The molecule has 1 saturated heterocycles. The van der Waals surface area contributed by atoms with E-state index in [0.29, 0.717) is 18.8 Å². The molecule has 1 amide bonds. The fourth-order valence-corrected chi connectivity index (χ4v) is 2.78. The smallest absolute Gasteiger partial charge is 0.307 e. The molecule has 2 aromatic rings. The van der Waals surface area contributed by atoms with Gasteiger partial charge in [-0.25, -0.2) is 4.39 Å². The Labute approximate surface area is 150 Å². The molecule has 0 saturated carbocycles. The lowest BCUT2D eigenvalue weighted by molar-refractivity contribution is -0.136. The molecule has 1 heterocycles. The van der Waals surface area contributed by atoms with Crippen LogP contribution in [0.4, 0.5) is 15.8 Å². The predicted octanol–water partition coefficient (Wildman–Crippen LogP) is 2.54. The van der Waals surface area contributed by atoms with Crippen LogP contribution in [0.25, 0.3) is 0 Å². The summed E-state index contributed by atoms with van der Waals surface area (Å²) in [6.07, 6.45) is -0.400. The van der Waals surface area contributed by atoms with E-state index in [9.17, 15) is 14.0 Å². The van der Waals surface area contributed by atoms with Crippen molar-refractivity contribution in [3.8, 4) is 0 Å². The average Bonchev–Trinajstić information content (AvgIpc) is 2.64. The summed E-state index contributed by atoms with van der Waals surface area (Å²) in [6.45, 7) is 3.00. The maximum atomic E-state index is 13.9. The second-order valence-electron chi connectivity index (χ2n) is 5.98. The lowest BCUT2D eigenvalue weighted by Crippen LogP contribution is -2.36. The number of carbonyl (C=O) groups excluding carboxylic acids is 1. The number of carbonyl (C=O) groups is 2. The first kappa shape index (κ1) is 17.9. The van der Waals surface area contributed by atoms with Crippen molar-refractivity contribution in [2.45, 2.75) is 6.42 Å². The summed E-state index contributed by atoms with van der Waals surface area (Å²) in [6, 6.07) is 11.2. The third-order valence-corrected chi connectivity index (χ3v) is 4.16. The Balaban J connectivity index is 1.66. The van der Waals surface area contributed by atoms with E-state index < -0.39 is 18.2 Å². The standard InChI is InChI=1S/C19H19FN2O4/c20-17-12-15(4-1-14(17)11-18(23)24)21-19(25)13-2-5-16(6-3-13)22-7-9-26-10-8-22/h1-6,12H,7-11H2,(H,21,25)(H,23,24). The Bertz CT molecular complexity index is 802. The molecule has 0 spiro atoms. The zero-order chi connectivity index (χ0) is 18.5. The fourth-order valence-electron chi connectivity index (χ4n) is 2.78. The molecule has 0 aliphatic carbocycles. The first-order valence-electron chi connectivity index (χ1n) is 8.27. The number of halogens is 1. The van der Waals surface area contributed by atoms with Crippen molar-refractivity contribution >= 4 is 23.3 Å². The van der Waals surface area contributed by atoms with Crippen LogP contribution in [-0.4, -0.2) is 43.3 Å². The molecule has 0 unspecified atom stereocenters. The van der Waals surface area contributed by atoms with Gasteiger partial charge in [-0.2, -0.15) is 0 Å². The normalized spacial score (nSPS) is 14.1. The summed E-state index contributed by atoms with van der Waals surface area (Å²) in [5.41, 5.74) is 1.83. The summed E-state index contributed by atoms with van der Waals surface area (Å²) < 4.78 is 19.2. The third kappa shape index (κ3) is 4.37. The van der Waals surface area contributed by atoms with Gasteiger partial charge in [0.15, 0.2) is 0 Å². The van der Waals surface area contributed by atoms with Gasteiger partial charge < -0.3 is 20.1 Å². The second-order valence-corrected chi connectivity index (χ2v) is 5.98. The van der Waals surface area contributed by atoms with E-state index >= 15 is 0 Å². The Hall–Kier alpha value is -2.93. The number of carboxylic acid groups (broad SMARTS) is 1. The lowest BCUT2D eigenvalue weighted by Gasteiger charge is -2.28. The molecule has 0 atom stereocenters. The molecular weight excluding hydrogens is 339 g/mol. The zero-order valence-electron chi connectivity index (χ0n) is 14.1. The van der Waals surface area contributed by atoms with Gasteiger partial charge in [0.25, 0.3) is 5.91 Å². The van der Waals surface area contributed by atoms with Crippen molar-refractivity contribution in [1.82, 2.24) is 0 Å². The summed E-state index contributed by atoms with van der Waals surface area (Å²) >= 11 is 0. The quantitative estimate of drug-likeness (QED) is 0.859. The van der Waals surface area contributed by atoms with Crippen molar-refractivity contribution in [3.63, 3.8) is 0 Å². The van der Waals surface area contributed by atoms with Crippen molar-refractivity contribution in [1.29, 1.82) is 0 Å². The van der Waals surface area contributed by atoms with Crippen LogP contribution >= 0.6 is 0 Å². The van der Waals surface area contributed by atoms with Gasteiger partial charge in [0.1, 0.15) is 5.82 Å². The van der Waals surface area contributed by atoms with Gasteiger partial charge in [-0.1, -0.05) is 6.07 Å². The molecule has 136 valence electrons. The van der Waals surface area contributed by atoms with E-state index in [1.807, 2.05) is 12.1 Å². The molecule has 1 aliphatic rings. The second kappa shape index (κ2) is 7.97. The van der Waals surface area contributed by atoms with Crippen LogP contribution in [0.3, 0.4) is 0 Å². The highest BCUT2D eigenvalue weighted by molar-refractivity contribution is 6.04. The van der Waals surface area contributed by atoms with Gasteiger partial charge in [-0.05, 0) is 42.0 Å². The number of ether oxygens (including phenoxy) is 1. The molecular formula is C19H19FN2O4. The number of morpholine rings is 1. The number of rotatable bonds is 5. The summed E-state index contributed by atoms with van der Waals surface area (Å²) in [7, 11) is 0. The van der Waals surface area contributed by atoms with Gasteiger partial charge in [0.05, 0.1) is 19.6 Å². The van der Waals surface area contributed by atoms with Gasteiger partial charge in [0.2, 0.25) is 0 Å². The van der Waals surface area contributed by atoms with Crippen molar-refractivity contribution in [3.05, 3.63) is 59.4 Å². The Morgan fingerprint density at radius 1 is 1.12 bits per heavy atom. The number of carboxylic acids is 1. The van der Waals surface area contributed by atoms with Crippen molar-refractivity contribution < 1.29 is 23.8 Å². The highest BCUT2D eigenvalue weighted by Crippen LogP contribution is 2.19. The summed E-state index contributed by atoms with van der Waals surface area (Å²) in [5.74, 6) is -2.13. The number of hydrogen-bond acceptors (Lipinski definition) is 4. The molecule has 2 aromatic carbocycles. The molecule has 2 N–H and O–H groups in total. The van der Waals surface area contributed by atoms with Crippen molar-refractivity contribution in [2.75, 3.05) is 36.5 Å². The summed E-state index contributed by atoms with van der Waals surface area (Å²) in [5, 5.41) is 11.3. The average molecular weight is 358 g/mol. The zero-order valence-corrected chi connectivity index (χ0v) is 14.1. The Kier molecular flexibility index (Phi) is 5.48. The van der Waals surface area contributed by atoms with Gasteiger partial charge in [-0.3, -0.25) is 9.59 Å². The molecule has 1 aliphatic heterocycles. The Morgan fingerprint density at radius 3 is 2.42 bits per heavy atom. The number of hydrogen-bond donors (Lipinski definition) is 2. The van der Waals surface area contributed by atoms with E-state index in [1.54, 1.807) is 12.1 Å². The largest absolute Gasteiger partial charge is 0.481 e. The van der Waals surface area contributed by atoms with E-state index in [1.165, 1.54) is 12.1 Å². The van der Waals surface area contributed by atoms with Crippen LogP contribution in [0.5, 0.6) is 0 Å². The number of anilines is 2. The van der Waals surface area contributed by atoms with Gasteiger partial charge >= 0.3 is 5.97 Å². The molecule has 7 heteroatoms. The summed E-state index contributed by atoms with van der Waals surface area (Å²) in [4.78, 5) is 25.2. The minimum atomic E-state index is -1.11. The van der Waals surface area contributed by atoms with Gasteiger partial charge in [-0.15, -0.1) is 0 Å². The monoisotopic (exact) mass is 358 g/mol. The topological polar surface area (TPSA) is 78.9 Å². The number of amides is 1. The SMILES string of the molecule is O=C(O)Cc1ccc(NC(=O)c2ccc(N3CCOCC3)cc2)cc1F. The minimum absolute atomic E-state index is 0.0744. The maximum Gasteiger partial charge on any atom is 0.307 e. The molecule has 0 bridgehead atoms. The maximum absolute atomic E-state index is 13.9. The molecule has 6 nitrogen and oxygen atoms in total. The van der Waals surface area contributed by atoms with E-state index in [-0.39, 0.29) is 17.2 Å². The molecule has 0 radical (unpaired) electrons. The molecule has 0 aromatic heterocycles. The minimum Gasteiger partial charge on any atom is -0.481 e. The van der Waals surface area contributed by atoms with Crippen LogP contribution in [0.15, 0.2) is 42.5 Å². The highest BCUT2D eigenvalue weighted by Gasteiger charge is 2.13. The van der Waals surface area contributed by atoms with Gasteiger partial charge in [0, 0.05) is 30.0 Å². The van der Waals surface area contributed by atoms with Crippen molar-refractivity contribution in [2.24, 2.45) is 0 Å². The fraction of sp³-hybridized carbons (Fsp3) is 0.263. The lowest BCUT2D eigenvalue weighted by atomic mass is 10.1. The Morgan fingerprint density at radius 2 is 1.81 bits per heavy atom.